The van der Waals surface area contributed by atoms with E-state index < -0.39 is 28.5 Å². The Labute approximate surface area is 214 Å². The summed E-state index contributed by atoms with van der Waals surface area (Å²) in [5.41, 5.74) is 1.66. The SMILES string of the molecule is C[C@H](Cc1ccc(S(=O)(=O)c2ccc(OCC(=O)O)c(Cl)c2)cc1)NC[C@H](O)c1cccc(Cl)c1. The van der Waals surface area contributed by atoms with Gasteiger partial charge in [0.25, 0.3) is 0 Å². The van der Waals surface area contributed by atoms with Gasteiger partial charge in [-0.3, -0.25) is 0 Å². The Morgan fingerprint density at radius 1 is 1.03 bits per heavy atom. The third kappa shape index (κ3) is 7.43. The van der Waals surface area contributed by atoms with E-state index in [2.05, 4.69) is 5.32 Å². The van der Waals surface area contributed by atoms with Crippen LogP contribution in [0.5, 0.6) is 5.75 Å². The second-order valence-corrected chi connectivity index (χ2v) is 10.8. The average molecular weight is 538 g/mol. The number of rotatable bonds is 11. The highest BCUT2D eigenvalue weighted by molar-refractivity contribution is 7.91. The van der Waals surface area contributed by atoms with Crippen LogP contribution in [0.25, 0.3) is 0 Å². The van der Waals surface area contributed by atoms with Crippen LogP contribution in [-0.4, -0.2) is 43.8 Å². The van der Waals surface area contributed by atoms with E-state index in [0.717, 1.165) is 11.1 Å². The van der Waals surface area contributed by atoms with Gasteiger partial charge in [-0.1, -0.05) is 47.5 Å². The molecule has 0 fully saturated rings. The molecular formula is C25H25Cl2NO6S. The summed E-state index contributed by atoms with van der Waals surface area (Å²) in [6.07, 6.45) is -0.0688. The predicted octanol–water partition coefficient (Wildman–Crippen LogP) is 4.54. The summed E-state index contributed by atoms with van der Waals surface area (Å²) >= 11 is 12.0. The van der Waals surface area contributed by atoms with Gasteiger partial charge in [-0.2, -0.15) is 0 Å². The van der Waals surface area contributed by atoms with Gasteiger partial charge in [0.05, 0.1) is 20.9 Å². The molecule has 0 aliphatic carbocycles. The largest absolute Gasteiger partial charge is 0.480 e. The second-order valence-electron chi connectivity index (χ2n) is 8.01. The van der Waals surface area contributed by atoms with Crippen LogP contribution < -0.4 is 10.1 Å². The van der Waals surface area contributed by atoms with Crippen molar-refractivity contribution in [2.75, 3.05) is 13.2 Å². The number of carboxylic acid groups (broad SMARTS) is 1. The number of hydrogen-bond acceptors (Lipinski definition) is 6. The fraction of sp³-hybridized carbons (Fsp3) is 0.240. The van der Waals surface area contributed by atoms with Crippen LogP contribution in [-0.2, 0) is 21.1 Å². The number of carbonyl (C=O) groups is 1. The molecule has 3 rings (SSSR count). The van der Waals surface area contributed by atoms with Gasteiger partial charge in [-0.15, -0.1) is 0 Å². The summed E-state index contributed by atoms with van der Waals surface area (Å²) in [5, 5.41) is 22.9. The van der Waals surface area contributed by atoms with Gasteiger partial charge < -0.3 is 20.3 Å². The zero-order valence-corrected chi connectivity index (χ0v) is 21.1. The first kappa shape index (κ1) is 27.0. The molecule has 2 atom stereocenters. The van der Waals surface area contributed by atoms with Gasteiger partial charge in [0.15, 0.2) is 6.61 Å². The number of halogens is 2. The Balaban J connectivity index is 1.61. The number of hydrogen-bond donors (Lipinski definition) is 3. The van der Waals surface area contributed by atoms with Crippen molar-refractivity contribution in [1.82, 2.24) is 5.32 Å². The van der Waals surface area contributed by atoms with Crippen molar-refractivity contribution in [2.45, 2.75) is 35.3 Å². The minimum atomic E-state index is -3.83. The number of ether oxygens (including phenoxy) is 1. The summed E-state index contributed by atoms with van der Waals surface area (Å²) in [7, 11) is -3.83. The molecule has 3 N–H and O–H groups in total. The molecule has 0 spiro atoms. The van der Waals surface area contributed by atoms with Crippen LogP contribution in [0.4, 0.5) is 0 Å². The van der Waals surface area contributed by atoms with Crippen LogP contribution in [0, 0.1) is 0 Å². The number of aliphatic hydroxyl groups excluding tert-OH is 1. The highest BCUT2D eigenvalue weighted by atomic mass is 35.5. The van der Waals surface area contributed by atoms with Gasteiger partial charge in [0.1, 0.15) is 5.75 Å². The molecule has 0 saturated heterocycles. The summed E-state index contributed by atoms with van der Waals surface area (Å²) in [6, 6.07) is 17.5. The molecule has 0 heterocycles. The summed E-state index contributed by atoms with van der Waals surface area (Å²) < 4.78 is 31.0. The van der Waals surface area contributed by atoms with E-state index in [-0.39, 0.29) is 26.6 Å². The van der Waals surface area contributed by atoms with Crippen molar-refractivity contribution >= 4 is 39.0 Å². The third-order valence-electron chi connectivity index (χ3n) is 5.23. The first-order valence-corrected chi connectivity index (χ1v) is 12.9. The molecule has 35 heavy (non-hydrogen) atoms. The van der Waals surface area contributed by atoms with Crippen molar-refractivity contribution in [3.8, 4) is 5.75 Å². The lowest BCUT2D eigenvalue weighted by Crippen LogP contribution is -2.32. The molecule has 186 valence electrons. The van der Waals surface area contributed by atoms with Crippen LogP contribution in [0.2, 0.25) is 10.0 Å². The monoisotopic (exact) mass is 537 g/mol. The lowest BCUT2D eigenvalue weighted by molar-refractivity contribution is -0.139. The van der Waals surface area contributed by atoms with Gasteiger partial charge >= 0.3 is 5.97 Å². The number of carboxylic acids is 1. The predicted molar refractivity (Wildman–Crippen MR) is 134 cm³/mol. The van der Waals surface area contributed by atoms with E-state index >= 15 is 0 Å². The van der Waals surface area contributed by atoms with E-state index in [4.69, 9.17) is 33.0 Å². The van der Waals surface area contributed by atoms with E-state index in [0.29, 0.717) is 18.0 Å². The Hall–Kier alpha value is -2.62. The summed E-state index contributed by atoms with van der Waals surface area (Å²) in [4.78, 5) is 10.7. The fourth-order valence-electron chi connectivity index (χ4n) is 3.42. The topological polar surface area (TPSA) is 113 Å². The van der Waals surface area contributed by atoms with Gasteiger partial charge in [0.2, 0.25) is 9.84 Å². The van der Waals surface area contributed by atoms with Crippen molar-refractivity contribution in [3.05, 3.63) is 87.9 Å². The Morgan fingerprint density at radius 2 is 1.71 bits per heavy atom. The zero-order chi connectivity index (χ0) is 25.6. The number of nitrogens with one attached hydrogen (secondary N) is 1. The first-order valence-electron chi connectivity index (χ1n) is 10.7. The molecule has 0 aromatic heterocycles. The lowest BCUT2D eigenvalue weighted by atomic mass is 10.1. The lowest BCUT2D eigenvalue weighted by Gasteiger charge is -2.18. The maximum absolute atomic E-state index is 13.0. The minimum absolute atomic E-state index is 0.00352. The average Bonchev–Trinajstić information content (AvgIpc) is 2.82. The molecule has 0 saturated carbocycles. The van der Waals surface area contributed by atoms with Gasteiger partial charge in [-0.25, -0.2) is 13.2 Å². The molecule has 3 aromatic carbocycles. The molecule has 7 nitrogen and oxygen atoms in total. The molecule has 0 radical (unpaired) electrons. The Bertz CT molecular complexity index is 1280. The standard InChI is InChI=1S/C25H25Cl2NO6S/c1-16(28-14-23(29)18-3-2-4-19(26)12-18)11-17-5-7-20(8-6-17)35(32,33)21-9-10-24(22(27)13-21)34-15-25(30)31/h2-10,12-13,16,23,28-29H,11,14-15H2,1H3,(H,30,31)/t16-,23+/m1/s1. The molecule has 10 heteroatoms. The van der Waals surface area contributed by atoms with E-state index in [9.17, 15) is 18.3 Å². The van der Waals surface area contributed by atoms with E-state index in [1.807, 2.05) is 13.0 Å². The molecule has 0 bridgehead atoms. The van der Waals surface area contributed by atoms with Crippen molar-refractivity contribution in [3.63, 3.8) is 0 Å². The molecule has 0 unspecified atom stereocenters. The number of aliphatic carboxylic acids is 1. The summed E-state index contributed by atoms with van der Waals surface area (Å²) in [5.74, 6) is -1.08. The normalized spacial score (nSPS) is 13.3. The van der Waals surface area contributed by atoms with Crippen LogP contribution in [0.1, 0.15) is 24.2 Å². The highest BCUT2D eigenvalue weighted by Gasteiger charge is 2.20. The second kappa shape index (κ2) is 11.9. The third-order valence-corrected chi connectivity index (χ3v) is 7.53. The van der Waals surface area contributed by atoms with Crippen LogP contribution in [0.3, 0.4) is 0 Å². The summed E-state index contributed by atoms with van der Waals surface area (Å²) in [6.45, 7) is 1.74. The molecule has 0 aliphatic rings. The van der Waals surface area contributed by atoms with E-state index in [1.165, 1.54) is 30.3 Å². The quantitative estimate of drug-likeness (QED) is 0.329. The highest BCUT2D eigenvalue weighted by Crippen LogP contribution is 2.30. The molecule has 3 aromatic rings. The number of sulfone groups is 1. The van der Waals surface area contributed by atoms with Crippen molar-refractivity contribution in [1.29, 1.82) is 0 Å². The maximum Gasteiger partial charge on any atom is 0.341 e. The van der Waals surface area contributed by atoms with Gasteiger partial charge in [-0.05, 0) is 66.9 Å². The molecule has 0 amide bonds. The minimum Gasteiger partial charge on any atom is -0.480 e. The zero-order valence-electron chi connectivity index (χ0n) is 18.8. The smallest absolute Gasteiger partial charge is 0.341 e. The fourth-order valence-corrected chi connectivity index (χ4v) is 5.20. The Morgan fingerprint density at radius 3 is 2.34 bits per heavy atom. The van der Waals surface area contributed by atoms with Gasteiger partial charge in [0, 0.05) is 17.6 Å². The molecule has 0 aliphatic heterocycles. The van der Waals surface area contributed by atoms with Crippen LogP contribution >= 0.6 is 23.2 Å². The van der Waals surface area contributed by atoms with Crippen molar-refractivity contribution < 1.29 is 28.2 Å². The van der Waals surface area contributed by atoms with Crippen molar-refractivity contribution in [2.24, 2.45) is 0 Å². The number of benzene rings is 3. The molecular weight excluding hydrogens is 513 g/mol. The first-order chi connectivity index (χ1) is 16.6. The van der Waals surface area contributed by atoms with E-state index in [1.54, 1.807) is 30.3 Å². The maximum atomic E-state index is 13.0. The number of aliphatic hydroxyl groups is 1. The Kier molecular flexibility index (Phi) is 9.15. The van der Waals surface area contributed by atoms with Crippen LogP contribution in [0.15, 0.2) is 76.5 Å².